The minimum atomic E-state index is -0.381. The minimum absolute atomic E-state index is 0.180. The molecule has 0 saturated heterocycles. The van der Waals surface area contributed by atoms with Crippen molar-refractivity contribution in [3.8, 4) is 28.9 Å². The molecule has 2 aromatic heterocycles. The molecule has 2 amide bonds. The predicted octanol–water partition coefficient (Wildman–Crippen LogP) is 3.83. The van der Waals surface area contributed by atoms with Gasteiger partial charge in [-0.15, -0.1) is 10.2 Å². The van der Waals surface area contributed by atoms with Crippen molar-refractivity contribution in [2.45, 2.75) is 0 Å². The Hall–Kier alpha value is -4.60. The molecule has 0 fully saturated rings. The van der Waals surface area contributed by atoms with Crippen LogP contribution in [0.4, 0.5) is 16.2 Å². The molecule has 0 atom stereocenters. The predicted molar refractivity (Wildman–Crippen MR) is 111 cm³/mol. The van der Waals surface area contributed by atoms with Crippen LogP contribution in [0.2, 0.25) is 0 Å². The first-order valence-electron chi connectivity index (χ1n) is 9.31. The highest BCUT2D eigenvalue weighted by Gasteiger charge is 2.14. The molecule has 154 valence electrons. The number of nitrogens with one attached hydrogen (secondary N) is 2. The van der Waals surface area contributed by atoms with E-state index in [0.717, 1.165) is 0 Å². The Balaban J connectivity index is 1.17. The van der Waals surface area contributed by atoms with Crippen LogP contribution >= 0.6 is 0 Å². The first kappa shape index (κ1) is 18.4. The summed E-state index contributed by atoms with van der Waals surface area (Å²) >= 11 is 0. The number of carbonyl (C=O) groups is 1. The monoisotopic (exact) mass is 416 g/mol. The number of anilines is 2. The maximum atomic E-state index is 12.2. The lowest BCUT2D eigenvalue weighted by Crippen LogP contribution is -2.19. The lowest BCUT2D eigenvalue weighted by molar-refractivity contribution is 0.174. The number of aromatic nitrogens is 4. The zero-order valence-corrected chi connectivity index (χ0v) is 16.1. The van der Waals surface area contributed by atoms with Crippen LogP contribution in [0.5, 0.6) is 23.1 Å². The number of hydrogen-bond acceptors (Lipinski definition) is 7. The van der Waals surface area contributed by atoms with Crippen molar-refractivity contribution in [1.82, 2.24) is 19.7 Å². The molecule has 3 heterocycles. The van der Waals surface area contributed by atoms with Gasteiger partial charge in [-0.05, 0) is 42.5 Å². The molecule has 2 aromatic carbocycles. The normalized spacial score (nSPS) is 11.7. The summed E-state index contributed by atoms with van der Waals surface area (Å²) in [5.41, 5.74) is 1.20. The van der Waals surface area contributed by atoms with Crippen molar-refractivity contribution in [3.05, 3.63) is 73.3 Å². The number of fused-ring (bicyclic) bond motifs is 1. The second-order valence-electron chi connectivity index (χ2n) is 6.47. The van der Waals surface area contributed by atoms with Crippen molar-refractivity contribution in [2.75, 3.05) is 17.4 Å². The van der Waals surface area contributed by atoms with Gasteiger partial charge in [0.05, 0.1) is 0 Å². The highest BCUT2D eigenvalue weighted by molar-refractivity contribution is 5.99. The van der Waals surface area contributed by atoms with E-state index >= 15 is 0 Å². The maximum absolute atomic E-state index is 12.2. The van der Waals surface area contributed by atoms with E-state index < -0.39 is 0 Å². The first-order chi connectivity index (χ1) is 15.2. The number of carbonyl (C=O) groups excluding carboxylic acids is 1. The number of amides is 2. The molecule has 0 aliphatic carbocycles. The number of urea groups is 1. The van der Waals surface area contributed by atoms with E-state index in [4.69, 9.17) is 14.2 Å². The first-order valence-corrected chi connectivity index (χ1v) is 9.31. The van der Waals surface area contributed by atoms with Crippen molar-refractivity contribution in [2.24, 2.45) is 0 Å². The van der Waals surface area contributed by atoms with Crippen LogP contribution in [-0.4, -0.2) is 32.6 Å². The average molecular weight is 416 g/mol. The molecule has 0 unspecified atom stereocenters. The summed E-state index contributed by atoms with van der Waals surface area (Å²) in [6, 6.07) is 15.2. The SMILES string of the molecule is O=C(Nc1ccc(Oc2ccc(-n3ccnc3)nn2)cc1)Nc1ccc2c(c1)OCO2. The molecular weight excluding hydrogens is 400 g/mol. The third-order valence-corrected chi connectivity index (χ3v) is 4.36. The number of rotatable bonds is 5. The van der Waals surface area contributed by atoms with Gasteiger partial charge in [0.15, 0.2) is 17.3 Å². The van der Waals surface area contributed by atoms with Gasteiger partial charge in [0.25, 0.3) is 0 Å². The molecule has 0 bridgehead atoms. The van der Waals surface area contributed by atoms with Crippen LogP contribution in [-0.2, 0) is 0 Å². The average Bonchev–Trinajstić information content (AvgIpc) is 3.47. The van der Waals surface area contributed by atoms with E-state index in [1.165, 1.54) is 0 Å². The Morgan fingerprint density at radius 3 is 2.52 bits per heavy atom. The number of nitrogens with zero attached hydrogens (tertiary/aromatic N) is 4. The summed E-state index contributed by atoms with van der Waals surface area (Å²) in [6.45, 7) is 0.180. The van der Waals surface area contributed by atoms with Gasteiger partial charge in [0.1, 0.15) is 12.1 Å². The molecule has 10 heteroatoms. The second-order valence-corrected chi connectivity index (χ2v) is 6.47. The topological polar surface area (TPSA) is 112 Å². The Bertz CT molecular complexity index is 1190. The zero-order chi connectivity index (χ0) is 21.0. The van der Waals surface area contributed by atoms with Crippen LogP contribution in [0.3, 0.4) is 0 Å². The van der Waals surface area contributed by atoms with E-state index in [1.54, 1.807) is 77.9 Å². The third kappa shape index (κ3) is 4.22. The number of benzene rings is 2. The highest BCUT2D eigenvalue weighted by atomic mass is 16.7. The van der Waals surface area contributed by atoms with Crippen LogP contribution in [0, 0.1) is 0 Å². The molecular formula is C21H16N6O4. The minimum Gasteiger partial charge on any atom is -0.454 e. The van der Waals surface area contributed by atoms with Gasteiger partial charge in [-0.3, -0.25) is 4.57 Å². The summed E-state index contributed by atoms with van der Waals surface area (Å²) in [6.07, 6.45) is 5.08. The van der Waals surface area contributed by atoms with Crippen molar-refractivity contribution < 1.29 is 19.0 Å². The highest BCUT2D eigenvalue weighted by Crippen LogP contribution is 2.34. The van der Waals surface area contributed by atoms with Crippen LogP contribution in [0.1, 0.15) is 0 Å². The van der Waals surface area contributed by atoms with Gasteiger partial charge >= 0.3 is 6.03 Å². The molecule has 5 rings (SSSR count). The summed E-state index contributed by atoms with van der Waals surface area (Å²) in [5, 5.41) is 13.7. The van der Waals surface area contributed by atoms with Gasteiger partial charge in [0, 0.05) is 35.9 Å². The van der Waals surface area contributed by atoms with E-state index in [-0.39, 0.29) is 12.8 Å². The fourth-order valence-electron chi connectivity index (χ4n) is 2.89. The largest absolute Gasteiger partial charge is 0.454 e. The van der Waals surface area contributed by atoms with E-state index in [2.05, 4.69) is 25.8 Å². The molecule has 1 aliphatic heterocycles. The molecule has 10 nitrogen and oxygen atoms in total. The molecule has 0 saturated carbocycles. The standard InChI is InChI=1S/C21H16N6O4/c28-21(24-15-3-6-17-18(11-15)30-13-29-17)23-14-1-4-16(5-2-14)31-20-8-7-19(25-26-20)27-10-9-22-12-27/h1-12H,13H2,(H2,23,24,28). The van der Waals surface area contributed by atoms with Crippen LogP contribution in [0.15, 0.2) is 73.3 Å². The van der Waals surface area contributed by atoms with Gasteiger partial charge in [-0.2, -0.15) is 0 Å². The molecule has 4 aromatic rings. The molecule has 2 N–H and O–H groups in total. The van der Waals surface area contributed by atoms with Crippen LogP contribution < -0.4 is 24.8 Å². The van der Waals surface area contributed by atoms with E-state index in [1.807, 2.05) is 0 Å². The Morgan fingerprint density at radius 1 is 0.935 bits per heavy atom. The zero-order valence-electron chi connectivity index (χ0n) is 16.1. The number of hydrogen-bond donors (Lipinski definition) is 2. The summed E-state index contributed by atoms with van der Waals surface area (Å²) < 4.78 is 18.0. The van der Waals surface area contributed by atoms with Crippen molar-refractivity contribution in [3.63, 3.8) is 0 Å². The Labute approximate surface area is 176 Å². The molecule has 1 aliphatic rings. The summed E-state index contributed by atoms with van der Waals surface area (Å²) in [7, 11) is 0. The maximum Gasteiger partial charge on any atom is 0.323 e. The van der Waals surface area contributed by atoms with Gasteiger partial charge < -0.3 is 24.8 Å². The van der Waals surface area contributed by atoms with Crippen molar-refractivity contribution >= 4 is 17.4 Å². The lowest BCUT2D eigenvalue weighted by Gasteiger charge is -2.09. The van der Waals surface area contributed by atoms with Crippen LogP contribution in [0.25, 0.3) is 5.82 Å². The summed E-state index contributed by atoms with van der Waals surface area (Å²) in [4.78, 5) is 16.2. The smallest absolute Gasteiger partial charge is 0.323 e. The van der Waals surface area contributed by atoms with E-state index in [0.29, 0.717) is 40.3 Å². The second kappa shape index (κ2) is 8.03. The summed E-state index contributed by atoms with van der Waals surface area (Å²) in [5.74, 6) is 2.80. The number of ether oxygens (including phenoxy) is 3. The molecule has 0 radical (unpaired) electrons. The van der Waals surface area contributed by atoms with Gasteiger partial charge in [-0.25, -0.2) is 9.78 Å². The van der Waals surface area contributed by atoms with E-state index in [9.17, 15) is 4.79 Å². The molecule has 0 spiro atoms. The Morgan fingerprint density at radius 2 is 1.74 bits per heavy atom. The van der Waals surface area contributed by atoms with Gasteiger partial charge in [-0.1, -0.05) is 0 Å². The lowest BCUT2D eigenvalue weighted by atomic mass is 10.3. The van der Waals surface area contributed by atoms with Crippen molar-refractivity contribution in [1.29, 1.82) is 0 Å². The quantitative estimate of drug-likeness (QED) is 0.508. The number of imidazole rings is 1. The fraction of sp³-hybridized carbons (Fsp3) is 0.0476. The molecule has 31 heavy (non-hydrogen) atoms. The van der Waals surface area contributed by atoms with Gasteiger partial charge in [0.2, 0.25) is 12.7 Å². The third-order valence-electron chi connectivity index (χ3n) is 4.36. The Kier molecular flexibility index (Phi) is 4.77. The fourth-order valence-corrected chi connectivity index (χ4v) is 2.89.